The van der Waals surface area contributed by atoms with Crippen molar-refractivity contribution in [1.29, 1.82) is 0 Å². The Morgan fingerprint density at radius 3 is 2.86 bits per heavy atom. The molecule has 0 saturated heterocycles. The highest BCUT2D eigenvalue weighted by molar-refractivity contribution is 5.87. The molecule has 2 N–H and O–H groups in total. The maximum atomic E-state index is 10.9. The van der Waals surface area contributed by atoms with E-state index in [1.165, 1.54) is 24.9 Å². The molecular weight excluding hydrogens is 186 g/mol. The zero-order chi connectivity index (χ0) is 10.6. The summed E-state index contributed by atoms with van der Waals surface area (Å²) in [5.41, 5.74) is 0. The molecule has 1 rings (SSSR count). The summed E-state index contributed by atoms with van der Waals surface area (Å²) in [6.07, 6.45) is 1.48. The van der Waals surface area contributed by atoms with Crippen molar-refractivity contribution in [3.63, 3.8) is 0 Å². The Hall–Kier alpha value is -1.92. The van der Waals surface area contributed by atoms with Gasteiger partial charge in [0.05, 0.1) is 6.20 Å². The first-order valence-electron chi connectivity index (χ1n) is 4.00. The molecule has 0 spiro atoms. The summed E-state index contributed by atoms with van der Waals surface area (Å²) in [6.45, 7) is 1.46. The molecule has 76 valence electrons. The van der Waals surface area contributed by atoms with Crippen LogP contribution in [0.4, 0.5) is 5.82 Å². The highest BCUT2D eigenvalue weighted by Crippen LogP contribution is 1.98. The third-order valence-electron chi connectivity index (χ3n) is 1.43. The van der Waals surface area contributed by atoms with E-state index >= 15 is 0 Å². The van der Waals surface area contributed by atoms with Crippen LogP contribution in [0.25, 0.3) is 0 Å². The molecule has 0 aliphatic heterocycles. The molecule has 2 amide bonds. The number of carbonyl (C=O) groups is 2. The lowest BCUT2D eigenvalue weighted by molar-refractivity contribution is -0.121. The van der Waals surface area contributed by atoms with E-state index in [2.05, 4.69) is 20.9 Å². The van der Waals surface area contributed by atoms with Gasteiger partial charge in [-0.3, -0.25) is 9.59 Å². The van der Waals surface area contributed by atoms with Gasteiger partial charge in [-0.25, -0.2) is 4.68 Å². The molecule has 0 fully saturated rings. The van der Waals surface area contributed by atoms with Gasteiger partial charge in [-0.05, 0) is 0 Å². The van der Waals surface area contributed by atoms with Gasteiger partial charge in [0.1, 0.15) is 6.54 Å². The van der Waals surface area contributed by atoms with Crippen LogP contribution in [-0.4, -0.2) is 33.9 Å². The SMILES string of the molecule is CNC(=O)Cn1cc(NC(C)=O)nn1. The van der Waals surface area contributed by atoms with Crippen molar-refractivity contribution < 1.29 is 9.59 Å². The minimum atomic E-state index is -0.225. The first-order valence-corrected chi connectivity index (χ1v) is 4.00. The van der Waals surface area contributed by atoms with Crippen molar-refractivity contribution in [2.75, 3.05) is 12.4 Å². The second kappa shape index (κ2) is 4.35. The molecule has 1 heterocycles. The van der Waals surface area contributed by atoms with Crippen LogP contribution >= 0.6 is 0 Å². The minimum Gasteiger partial charge on any atom is -0.358 e. The zero-order valence-corrected chi connectivity index (χ0v) is 7.94. The molecule has 7 nitrogen and oxygen atoms in total. The van der Waals surface area contributed by atoms with E-state index in [4.69, 9.17) is 0 Å². The normalized spacial score (nSPS) is 9.57. The van der Waals surface area contributed by atoms with Gasteiger partial charge in [0.2, 0.25) is 11.8 Å². The van der Waals surface area contributed by atoms with E-state index in [1.807, 2.05) is 0 Å². The van der Waals surface area contributed by atoms with Gasteiger partial charge >= 0.3 is 0 Å². The largest absolute Gasteiger partial charge is 0.358 e. The van der Waals surface area contributed by atoms with Crippen LogP contribution in [0.2, 0.25) is 0 Å². The third kappa shape index (κ3) is 2.85. The maximum Gasteiger partial charge on any atom is 0.241 e. The quantitative estimate of drug-likeness (QED) is 0.649. The van der Waals surface area contributed by atoms with Crippen molar-refractivity contribution in [3.05, 3.63) is 6.20 Å². The number of hydrogen-bond donors (Lipinski definition) is 2. The summed E-state index contributed by atoms with van der Waals surface area (Å²) >= 11 is 0. The Labute approximate surface area is 80.5 Å². The fourth-order valence-electron chi connectivity index (χ4n) is 0.840. The third-order valence-corrected chi connectivity index (χ3v) is 1.43. The van der Waals surface area contributed by atoms with E-state index in [1.54, 1.807) is 0 Å². The fraction of sp³-hybridized carbons (Fsp3) is 0.429. The molecule has 1 aromatic heterocycles. The summed E-state index contributed by atoms with van der Waals surface area (Å²) in [6, 6.07) is 0. The molecular formula is C7H11N5O2. The summed E-state index contributed by atoms with van der Waals surface area (Å²) in [4.78, 5) is 21.6. The van der Waals surface area contributed by atoms with Crippen molar-refractivity contribution in [3.8, 4) is 0 Å². The number of carbonyl (C=O) groups excluding carboxylic acids is 2. The maximum absolute atomic E-state index is 10.9. The molecule has 0 aliphatic carbocycles. The first-order chi connectivity index (χ1) is 6.61. The minimum absolute atomic E-state index is 0.0864. The monoisotopic (exact) mass is 197 g/mol. The van der Waals surface area contributed by atoms with Crippen molar-refractivity contribution in [2.24, 2.45) is 0 Å². The predicted molar refractivity (Wildman–Crippen MR) is 48.4 cm³/mol. The molecule has 0 atom stereocenters. The Morgan fingerprint density at radius 1 is 1.57 bits per heavy atom. The molecule has 0 bridgehead atoms. The Morgan fingerprint density at radius 2 is 2.29 bits per heavy atom. The lowest BCUT2D eigenvalue weighted by atomic mass is 10.6. The average molecular weight is 197 g/mol. The second-order valence-corrected chi connectivity index (χ2v) is 2.66. The van der Waals surface area contributed by atoms with E-state index in [9.17, 15) is 9.59 Å². The lowest BCUT2D eigenvalue weighted by Gasteiger charge is -1.97. The first kappa shape index (κ1) is 10.2. The van der Waals surface area contributed by atoms with Gasteiger partial charge in [-0.1, -0.05) is 5.21 Å². The molecule has 1 aromatic rings. The number of anilines is 1. The summed E-state index contributed by atoms with van der Waals surface area (Å²) < 4.78 is 1.34. The van der Waals surface area contributed by atoms with Gasteiger partial charge in [0, 0.05) is 14.0 Å². The number of nitrogens with one attached hydrogen (secondary N) is 2. The standard InChI is InChI=1S/C7H11N5O2/c1-5(13)9-6-3-12(11-10-6)4-7(14)8-2/h3H,4H2,1-2H3,(H,8,14)(H,9,13). The molecule has 0 aromatic carbocycles. The smallest absolute Gasteiger partial charge is 0.241 e. The second-order valence-electron chi connectivity index (χ2n) is 2.66. The molecule has 7 heteroatoms. The number of aromatic nitrogens is 3. The Balaban J connectivity index is 2.59. The highest BCUT2D eigenvalue weighted by Gasteiger charge is 2.04. The number of amides is 2. The van der Waals surface area contributed by atoms with Crippen LogP contribution in [0.3, 0.4) is 0 Å². The summed E-state index contributed by atoms with van der Waals surface area (Å²) in [7, 11) is 1.54. The van der Waals surface area contributed by atoms with E-state index in [0.717, 1.165) is 0 Å². The topological polar surface area (TPSA) is 88.9 Å². The number of likely N-dealkylation sites (N-methyl/N-ethyl adjacent to an activating group) is 1. The highest BCUT2D eigenvalue weighted by atomic mass is 16.2. The Kier molecular flexibility index (Phi) is 3.16. The molecule has 0 radical (unpaired) electrons. The van der Waals surface area contributed by atoms with Crippen molar-refractivity contribution in [2.45, 2.75) is 13.5 Å². The molecule has 0 aliphatic rings. The van der Waals surface area contributed by atoms with Gasteiger partial charge < -0.3 is 10.6 Å². The van der Waals surface area contributed by atoms with Crippen molar-refractivity contribution >= 4 is 17.6 Å². The summed E-state index contributed by atoms with van der Waals surface area (Å²) in [5.74, 6) is -0.0670. The van der Waals surface area contributed by atoms with Crippen LogP contribution in [-0.2, 0) is 16.1 Å². The van der Waals surface area contributed by atoms with E-state index < -0.39 is 0 Å². The van der Waals surface area contributed by atoms with Crippen LogP contribution in [0, 0.1) is 0 Å². The molecule has 0 saturated carbocycles. The van der Waals surface area contributed by atoms with Gasteiger partial charge in [-0.2, -0.15) is 0 Å². The Bertz CT molecular complexity index is 346. The number of hydrogen-bond acceptors (Lipinski definition) is 4. The molecule has 0 unspecified atom stereocenters. The number of nitrogens with zero attached hydrogens (tertiary/aromatic N) is 3. The van der Waals surface area contributed by atoms with E-state index in [0.29, 0.717) is 5.82 Å². The van der Waals surface area contributed by atoms with Gasteiger partial charge in [0.25, 0.3) is 0 Å². The van der Waals surface area contributed by atoms with E-state index in [-0.39, 0.29) is 18.4 Å². The average Bonchev–Trinajstić information content (AvgIpc) is 2.51. The van der Waals surface area contributed by atoms with Crippen molar-refractivity contribution in [1.82, 2.24) is 20.3 Å². The van der Waals surface area contributed by atoms with Gasteiger partial charge in [0.15, 0.2) is 5.82 Å². The molecule has 14 heavy (non-hydrogen) atoms. The predicted octanol–water partition coefficient (Wildman–Crippen LogP) is -1.02. The fourth-order valence-corrected chi connectivity index (χ4v) is 0.840. The van der Waals surface area contributed by atoms with Crippen LogP contribution in [0.15, 0.2) is 6.20 Å². The van der Waals surface area contributed by atoms with Crippen LogP contribution in [0.1, 0.15) is 6.92 Å². The van der Waals surface area contributed by atoms with Crippen LogP contribution < -0.4 is 10.6 Å². The number of rotatable bonds is 3. The van der Waals surface area contributed by atoms with Gasteiger partial charge in [-0.15, -0.1) is 5.10 Å². The van der Waals surface area contributed by atoms with Crippen LogP contribution in [0.5, 0.6) is 0 Å². The lowest BCUT2D eigenvalue weighted by Crippen LogP contribution is -2.23. The zero-order valence-electron chi connectivity index (χ0n) is 7.94. The summed E-state index contributed by atoms with van der Waals surface area (Å²) in [5, 5.41) is 12.2.